The third-order valence-electron chi connectivity index (χ3n) is 6.05. The van der Waals surface area contributed by atoms with E-state index in [-0.39, 0.29) is 10.8 Å². The lowest BCUT2D eigenvalue weighted by atomic mass is 9.59. The van der Waals surface area contributed by atoms with Crippen LogP contribution in [0.5, 0.6) is 0 Å². The Labute approximate surface area is 126 Å². The van der Waals surface area contributed by atoms with Gasteiger partial charge in [-0.15, -0.1) is 0 Å². The molecular formula is C17H26N2O2+2. The fraction of sp³-hybridized carbons (Fsp3) is 0.706. The van der Waals surface area contributed by atoms with Crippen LogP contribution >= 0.6 is 0 Å². The van der Waals surface area contributed by atoms with Gasteiger partial charge in [-0.05, 0) is 25.5 Å². The van der Waals surface area contributed by atoms with Gasteiger partial charge in [-0.3, -0.25) is 14.6 Å². The molecule has 4 bridgehead atoms. The highest BCUT2D eigenvalue weighted by Crippen LogP contribution is 2.39. The number of quaternary nitrogens is 2. The average Bonchev–Trinajstić information content (AvgIpc) is 2.95. The normalized spacial score (nSPS) is 44.5. The highest BCUT2D eigenvalue weighted by atomic mass is 16.3. The zero-order valence-electron chi connectivity index (χ0n) is 13.1. The Morgan fingerprint density at radius 3 is 2.57 bits per heavy atom. The van der Waals surface area contributed by atoms with Crippen molar-refractivity contribution >= 4 is 5.78 Å². The summed E-state index contributed by atoms with van der Waals surface area (Å²) in [6.45, 7) is 8.40. The van der Waals surface area contributed by atoms with Crippen molar-refractivity contribution in [1.82, 2.24) is 0 Å². The van der Waals surface area contributed by atoms with E-state index in [0.717, 1.165) is 38.4 Å². The van der Waals surface area contributed by atoms with Gasteiger partial charge in [-0.1, -0.05) is 19.8 Å². The summed E-state index contributed by atoms with van der Waals surface area (Å²) in [5.41, 5.74) is -0.174. The largest absolute Gasteiger partial charge is 0.457 e. The molecule has 1 aromatic rings. The Bertz CT molecular complexity index is 535. The van der Waals surface area contributed by atoms with Crippen molar-refractivity contribution in [3.63, 3.8) is 0 Å². The summed E-state index contributed by atoms with van der Waals surface area (Å²) in [6, 6.07) is 4.09. The van der Waals surface area contributed by atoms with Crippen LogP contribution in [0.1, 0.15) is 45.0 Å². The number of carbonyl (C=O) groups excluding carboxylic acids is 1. The molecule has 21 heavy (non-hydrogen) atoms. The molecule has 4 nitrogen and oxygen atoms in total. The third-order valence-corrected chi connectivity index (χ3v) is 6.05. The highest BCUT2D eigenvalue weighted by molar-refractivity contribution is 5.91. The number of Topliss-reactive ketones (excluding diaryl/α,β-unsaturated/α-hetero) is 1. The van der Waals surface area contributed by atoms with Gasteiger partial charge < -0.3 is 4.42 Å². The molecule has 2 atom stereocenters. The summed E-state index contributed by atoms with van der Waals surface area (Å²) in [4.78, 5) is 16.2. The minimum atomic E-state index is -0.113. The molecule has 0 amide bonds. The van der Waals surface area contributed by atoms with E-state index in [9.17, 15) is 4.79 Å². The molecule has 5 heterocycles. The number of carbonyl (C=O) groups is 1. The number of nitrogens with one attached hydrogen (secondary N) is 2. The maximum atomic E-state index is 13.1. The number of ketones is 1. The van der Waals surface area contributed by atoms with Gasteiger partial charge in [-0.2, -0.15) is 0 Å². The SMILES string of the molecule is CCCCC12C[NH+]3CC(C)(C[NH+](C1)C3c1ccco1)C2=O. The van der Waals surface area contributed by atoms with Crippen LogP contribution in [0, 0.1) is 10.8 Å². The quantitative estimate of drug-likeness (QED) is 0.809. The molecule has 114 valence electrons. The molecule has 0 aliphatic carbocycles. The van der Waals surface area contributed by atoms with Crippen molar-refractivity contribution in [1.29, 1.82) is 0 Å². The molecule has 4 aliphatic rings. The second kappa shape index (κ2) is 4.43. The summed E-state index contributed by atoms with van der Waals surface area (Å²) in [6.07, 6.45) is 5.61. The van der Waals surface area contributed by atoms with Gasteiger partial charge in [0.25, 0.3) is 6.17 Å². The number of piperidine rings is 2. The summed E-state index contributed by atoms with van der Waals surface area (Å²) >= 11 is 0. The second-order valence-corrected chi connectivity index (χ2v) is 7.75. The van der Waals surface area contributed by atoms with Gasteiger partial charge in [-0.25, -0.2) is 0 Å². The molecular weight excluding hydrogens is 264 g/mol. The van der Waals surface area contributed by atoms with Crippen LogP contribution < -0.4 is 9.80 Å². The summed E-state index contributed by atoms with van der Waals surface area (Å²) in [5.74, 6) is 1.66. The van der Waals surface area contributed by atoms with Crippen LogP contribution in [0.3, 0.4) is 0 Å². The first kappa shape index (κ1) is 13.5. The average molecular weight is 290 g/mol. The van der Waals surface area contributed by atoms with Gasteiger partial charge in [0, 0.05) is 0 Å². The molecule has 4 aliphatic heterocycles. The minimum Gasteiger partial charge on any atom is -0.457 e. The first-order chi connectivity index (χ1) is 10.1. The lowest BCUT2D eigenvalue weighted by Gasteiger charge is -2.59. The molecule has 1 aromatic heterocycles. The molecule has 4 fully saturated rings. The molecule has 2 unspecified atom stereocenters. The minimum absolute atomic E-state index is 0.0605. The van der Waals surface area contributed by atoms with Crippen LogP contribution in [0.25, 0.3) is 0 Å². The van der Waals surface area contributed by atoms with Crippen molar-refractivity contribution in [2.24, 2.45) is 10.8 Å². The summed E-state index contributed by atoms with van der Waals surface area (Å²) < 4.78 is 5.71. The molecule has 0 aromatic carbocycles. The topological polar surface area (TPSA) is 39.1 Å². The molecule has 0 radical (unpaired) electrons. The number of furan rings is 1. The third kappa shape index (κ3) is 1.78. The van der Waals surface area contributed by atoms with E-state index >= 15 is 0 Å². The van der Waals surface area contributed by atoms with E-state index in [0.29, 0.717) is 11.9 Å². The molecule has 4 saturated heterocycles. The van der Waals surface area contributed by atoms with E-state index in [4.69, 9.17) is 4.42 Å². The standard InChI is InChI=1S/C17H24N2O2/c1-3-4-7-17-11-18-9-16(2,15(17)20)10-19(12-17)14(18)13-6-5-8-21-13/h5-6,8,14H,3-4,7,9-12H2,1-2H3/p+2. The van der Waals surface area contributed by atoms with Crippen molar-refractivity contribution in [3.05, 3.63) is 24.2 Å². The Morgan fingerprint density at radius 2 is 2.00 bits per heavy atom. The summed E-state index contributed by atoms with van der Waals surface area (Å²) in [5, 5.41) is 0. The Hall–Kier alpha value is -1.13. The van der Waals surface area contributed by atoms with Crippen molar-refractivity contribution in [3.8, 4) is 0 Å². The van der Waals surface area contributed by atoms with Gasteiger partial charge in [0.05, 0.1) is 6.26 Å². The van der Waals surface area contributed by atoms with Gasteiger partial charge in [0.15, 0.2) is 5.78 Å². The van der Waals surface area contributed by atoms with E-state index < -0.39 is 0 Å². The molecule has 4 heteroatoms. The monoisotopic (exact) mass is 290 g/mol. The van der Waals surface area contributed by atoms with Crippen LogP contribution in [0.2, 0.25) is 0 Å². The van der Waals surface area contributed by atoms with E-state index in [1.54, 1.807) is 16.1 Å². The Balaban J connectivity index is 1.69. The van der Waals surface area contributed by atoms with Crippen LogP contribution in [-0.4, -0.2) is 32.0 Å². The molecule has 2 N–H and O–H groups in total. The number of hydrogen-bond donors (Lipinski definition) is 2. The van der Waals surface area contributed by atoms with E-state index in [1.807, 2.05) is 6.07 Å². The fourth-order valence-corrected chi connectivity index (χ4v) is 5.44. The number of hydrogen-bond acceptors (Lipinski definition) is 2. The van der Waals surface area contributed by atoms with Crippen LogP contribution in [0.15, 0.2) is 22.8 Å². The Kier molecular flexibility index (Phi) is 2.86. The molecule has 0 saturated carbocycles. The maximum absolute atomic E-state index is 13.1. The summed E-state index contributed by atoms with van der Waals surface area (Å²) in [7, 11) is 0. The van der Waals surface area contributed by atoms with Gasteiger partial charge in [0.2, 0.25) is 5.76 Å². The fourth-order valence-electron chi connectivity index (χ4n) is 5.44. The molecule has 0 spiro atoms. The van der Waals surface area contributed by atoms with Crippen LogP contribution in [-0.2, 0) is 4.79 Å². The smallest absolute Gasteiger partial charge is 0.273 e. The van der Waals surface area contributed by atoms with Crippen molar-refractivity contribution in [2.45, 2.75) is 39.3 Å². The zero-order valence-corrected chi connectivity index (χ0v) is 13.1. The van der Waals surface area contributed by atoms with Gasteiger partial charge in [0.1, 0.15) is 37.0 Å². The predicted molar refractivity (Wildman–Crippen MR) is 77.9 cm³/mol. The zero-order chi connectivity index (χ0) is 14.7. The first-order valence-electron chi connectivity index (χ1n) is 8.35. The first-order valence-corrected chi connectivity index (χ1v) is 8.35. The van der Waals surface area contributed by atoms with Crippen molar-refractivity contribution < 1.29 is 19.0 Å². The van der Waals surface area contributed by atoms with Gasteiger partial charge >= 0.3 is 0 Å². The van der Waals surface area contributed by atoms with E-state index in [1.165, 1.54) is 12.8 Å². The lowest BCUT2D eigenvalue weighted by Crippen LogP contribution is -3.41. The molecule has 5 rings (SSSR count). The van der Waals surface area contributed by atoms with Crippen molar-refractivity contribution in [2.75, 3.05) is 26.2 Å². The lowest BCUT2D eigenvalue weighted by molar-refractivity contribution is -1.18. The predicted octanol–water partition coefficient (Wildman–Crippen LogP) is -0.159. The second-order valence-electron chi connectivity index (χ2n) is 7.75. The van der Waals surface area contributed by atoms with Crippen LogP contribution in [0.4, 0.5) is 0 Å². The number of rotatable bonds is 4. The highest BCUT2D eigenvalue weighted by Gasteiger charge is 2.69. The number of unbranched alkanes of at least 4 members (excludes halogenated alkanes) is 1. The van der Waals surface area contributed by atoms with E-state index in [2.05, 4.69) is 19.9 Å². The maximum Gasteiger partial charge on any atom is 0.273 e. The Morgan fingerprint density at radius 1 is 1.29 bits per heavy atom.